The lowest BCUT2D eigenvalue weighted by Crippen LogP contribution is -2.34. The summed E-state index contributed by atoms with van der Waals surface area (Å²) in [4.78, 5) is 14.3. The monoisotopic (exact) mass is 325 g/mol. The summed E-state index contributed by atoms with van der Waals surface area (Å²) in [5, 5.41) is 5.81. The van der Waals surface area contributed by atoms with Gasteiger partial charge in [-0.05, 0) is 36.6 Å². The van der Waals surface area contributed by atoms with E-state index >= 15 is 0 Å². The predicted octanol–water partition coefficient (Wildman–Crippen LogP) is 3.34. The maximum absolute atomic E-state index is 12.0. The van der Waals surface area contributed by atoms with Gasteiger partial charge in [0.2, 0.25) is 0 Å². The molecule has 1 aliphatic rings. The largest absolute Gasteiger partial charge is 0.495 e. The van der Waals surface area contributed by atoms with Crippen molar-refractivity contribution in [1.29, 1.82) is 0 Å². The molecule has 126 valence electrons. The van der Waals surface area contributed by atoms with Crippen LogP contribution in [0.5, 0.6) is 5.75 Å². The molecule has 2 aromatic carbocycles. The van der Waals surface area contributed by atoms with E-state index in [2.05, 4.69) is 21.6 Å². The number of anilines is 2. The van der Waals surface area contributed by atoms with Gasteiger partial charge in [0, 0.05) is 25.3 Å². The summed E-state index contributed by atoms with van der Waals surface area (Å²) >= 11 is 0. The molecule has 24 heavy (non-hydrogen) atoms. The number of rotatable bonds is 5. The highest BCUT2D eigenvalue weighted by molar-refractivity contribution is 5.89. The van der Waals surface area contributed by atoms with Gasteiger partial charge < -0.3 is 20.3 Å². The number of carbonyl (C=O) groups excluding carboxylic acids is 1. The van der Waals surface area contributed by atoms with Crippen LogP contribution >= 0.6 is 0 Å². The summed E-state index contributed by atoms with van der Waals surface area (Å²) in [6.07, 6.45) is 1.06. The molecule has 0 bridgehead atoms. The molecule has 1 atom stereocenters. The lowest BCUT2D eigenvalue weighted by atomic mass is 10.1. The summed E-state index contributed by atoms with van der Waals surface area (Å²) in [6, 6.07) is 17.4. The standard InChI is InChI=1S/C19H23N3O2/c1-24-18-10-6-5-9-17(18)22-12-11-15(14-22)13-20-19(23)21-16-7-3-2-4-8-16/h2-10,15H,11-14H2,1H3,(H2,20,21,23). The van der Waals surface area contributed by atoms with Gasteiger partial charge in [-0.1, -0.05) is 30.3 Å². The van der Waals surface area contributed by atoms with Crippen molar-refractivity contribution in [1.82, 2.24) is 5.32 Å². The number of carbonyl (C=O) groups is 1. The Morgan fingerprint density at radius 2 is 1.92 bits per heavy atom. The van der Waals surface area contributed by atoms with Crippen molar-refractivity contribution in [3.63, 3.8) is 0 Å². The number of amides is 2. The second-order valence-electron chi connectivity index (χ2n) is 5.97. The quantitative estimate of drug-likeness (QED) is 0.886. The maximum Gasteiger partial charge on any atom is 0.319 e. The van der Waals surface area contributed by atoms with Crippen molar-refractivity contribution < 1.29 is 9.53 Å². The fraction of sp³-hybridized carbons (Fsp3) is 0.316. The lowest BCUT2D eigenvalue weighted by Gasteiger charge is -2.21. The molecule has 2 amide bonds. The van der Waals surface area contributed by atoms with Crippen LogP contribution in [0.4, 0.5) is 16.2 Å². The van der Waals surface area contributed by atoms with Crippen molar-refractivity contribution in [3.8, 4) is 5.75 Å². The van der Waals surface area contributed by atoms with E-state index in [1.165, 1.54) is 0 Å². The van der Waals surface area contributed by atoms with E-state index in [1.54, 1.807) is 7.11 Å². The van der Waals surface area contributed by atoms with Crippen LogP contribution in [0.25, 0.3) is 0 Å². The van der Waals surface area contributed by atoms with Crippen molar-refractivity contribution in [2.24, 2.45) is 5.92 Å². The number of methoxy groups -OCH3 is 1. The molecule has 1 aliphatic heterocycles. The van der Waals surface area contributed by atoms with E-state index < -0.39 is 0 Å². The van der Waals surface area contributed by atoms with E-state index in [0.717, 1.165) is 36.6 Å². The second kappa shape index (κ2) is 7.73. The Bertz CT molecular complexity index is 675. The second-order valence-corrected chi connectivity index (χ2v) is 5.97. The van der Waals surface area contributed by atoms with E-state index in [4.69, 9.17) is 4.74 Å². The highest BCUT2D eigenvalue weighted by Crippen LogP contribution is 2.31. The SMILES string of the molecule is COc1ccccc1N1CCC(CNC(=O)Nc2ccccc2)C1. The molecule has 2 aromatic rings. The molecule has 3 rings (SSSR count). The zero-order valence-corrected chi connectivity index (χ0v) is 13.9. The van der Waals surface area contributed by atoms with Crippen LogP contribution in [0.1, 0.15) is 6.42 Å². The number of ether oxygens (including phenoxy) is 1. The van der Waals surface area contributed by atoms with Crippen molar-refractivity contribution in [2.75, 3.05) is 37.0 Å². The van der Waals surface area contributed by atoms with Gasteiger partial charge in [-0.3, -0.25) is 0 Å². The van der Waals surface area contributed by atoms with Crippen molar-refractivity contribution in [3.05, 3.63) is 54.6 Å². The van der Waals surface area contributed by atoms with Gasteiger partial charge in [0.05, 0.1) is 12.8 Å². The van der Waals surface area contributed by atoms with E-state index in [0.29, 0.717) is 12.5 Å². The van der Waals surface area contributed by atoms with Crippen LogP contribution < -0.4 is 20.3 Å². The van der Waals surface area contributed by atoms with Crippen LogP contribution in [0, 0.1) is 5.92 Å². The van der Waals surface area contributed by atoms with Gasteiger partial charge in [-0.2, -0.15) is 0 Å². The first-order valence-electron chi connectivity index (χ1n) is 8.24. The van der Waals surface area contributed by atoms with Gasteiger partial charge in [0.25, 0.3) is 0 Å². The molecule has 2 N–H and O–H groups in total. The first-order chi connectivity index (χ1) is 11.8. The third-order valence-electron chi connectivity index (χ3n) is 4.29. The third-order valence-corrected chi connectivity index (χ3v) is 4.29. The minimum atomic E-state index is -0.156. The molecule has 1 saturated heterocycles. The smallest absolute Gasteiger partial charge is 0.319 e. The Hall–Kier alpha value is -2.69. The van der Waals surface area contributed by atoms with Crippen LogP contribution in [0.2, 0.25) is 0 Å². The highest BCUT2D eigenvalue weighted by atomic mass is 16.5. The molecule has 1 unspecified atom stereocenters. The summed E-state index contributed by atoms with van der Waals surface area (Å²) < 4.78 is 5.44. The molecule has 0 aromatic heterocycles. The number of benzene rings is 2. The Kier molecular flexibility index (Phi) is 5.21. The first-order valence-corrected chi connectivity index (χ1v) is 8.24. The lowest BCUT2D eigenvalue weighted by molar-refractivity contribution is 0.250. The normalized spacial score (nSPS) is 16.7. The number of nitrogens with one attached hydrogen (secondary N) is 2. The van der Waals surface area contributed by atoms with Crippen LogP contribution in [-0.4, -0.2) is 32.8 Å². The summed E-state index contributed by atoms with van der Waals surface area (Å²) in [5.41, 5.74) is 1.92. The minimum absolute atomic E-state index is 0.156. The minimum Gasteiger partial charge on any atom is -0.495 e. The number of hydrogen-bond acceptors (Lipinski definition) is 3. The van der Waals surface area contributed by atoms with Crippen molar-refractivity contribution >= 4 is 17.4 Å². The van der Waals surface area contributed by atoms with Gasteiger partial charge in [-0.25, -0.2) is 4.79 Å². The molecule has 0 saturated carbocycles. The Labute approximate surface area is 142 Å². The van der Waals surface area contributed by atoms with Crippen molar-refractivity contribution in [2.45, 2.75) is 6.42 Å². The van der Waals surface area contributed by atoms with Crippen LogP contribution in [-0.2, 0) is 0 Å². The summed E-state index contributed by atoms with van der Waals surface area (Å²) in [5.74, 6) is 1.34. The molecule has 5 nitrogen and oxygen atoms in total. The molecule has 1 fully saturated rings. The number of nitrogens with zero attached hydrogens (tertiary/aromatic N) is 1. The first kappa shape index (κ1) is 16.2. The Morgan fingerprint density at radius 1 is 1.17 bits per heavy atom. The summed E-state index contributed by atoms with van der Waals surface area (Å²) in [7, 11) is 1.70. The Morgan fingerprint density at radius 3 is 2.71 bits per heavy atom. The van der Waals surface area contributed by atoms with Gasteiger partial charge in [-0.15, -0.1) is 0 Å². The zero-order chi connectivity index (χ0) is 16.8. The van der Waals surface area contributed by atoms with Gasteiger partial charge >= 0.3 is 6.03 Å². The fourth-order valence-corrected chi connectivity index (χ4v) is 3.04. The third kappa shape index (κ3) is 3.98. The highest BCUT2D eigenvalue weighted by Gasteiger charge is 2.24. The van der Waals surface area contributed by atoms with E-state index in [1.807, 2.05) is 48.5 Å². The summed E-state index contributed by atoms with van der Waals surface area (Å²) in [6.45, 7) is 2.57. The number of hydrogen-bond donors (Lipinski definition) is 2. The van der Waals surface area contributed by atoms with Crippen LogP contribution in [0.3, 0.4) is 0 Å². The van der Waals surface area contributed by atoms with Gasteiger partial charge in [0.15, 0.2) is 0 Å². The average Bonchev–Trinajstić information content (AvgIpc) is 3.09. The predicted molar refractivity (Wildman–Crippen MR) is 96.8 cm³/mol. The molecule has 0 aliphatic carbocycles. The topological polar surface area (TPSA) is 53.6 Å². The molecular formula is C19H23N3O2. The molecule has 1 heterocycles. The molecular weight excluding hydrogens is 302 g/mol. The van der Waals surface area contributed by atoms with E-state index in [9.17, 15) is 4.79 Å². The molecule has 5 heteroatoms. The Balaban J connectivity index is 1.49. The maximum atomic E-state index is 12.0. The molecule has 0 spiro atoms. The fourth-order valence-electron chi connectivity index (χ4n) is 3.04. The number of para-hydroxylation sites is 3. The van der Waals surface area contributed by atoms with Gasteiger partial charge in [0.1, 0.15) is 5.75 Å². The number of urea groups is 1. The average molecular weight is 325 g/mol. The zero-order valence-electron chi connectivity index (χ0n) is 13.9. The molecule has 0 radical (unpaired) electrons. The van der Waals surface area contributed by atoms with Crippen LogP contribution in [0.15, 0.2) is 54.6 Å². The van der Waals surface area contributed by atoms with E-state index in [-0.39, 0.29) is 6.03 Å².